The lowest BCUT2D eigenvalue weighted by Crippen LogP contribution is -2.42. The van der Waals surface area contributed by atoms with E-state index in [1.807, 2.05) is 0 Å². The summed E-state index contributed by atoms with van der Waals surface area (Å²) in [6.07, 6.45) is -0.0487. The number of carboxylic acids is 1. The summed E-state index contributed by atoms with van der Waals surface area (Å²) in [5.74, 6) is -1.76. The summed E-state index contributed by atoms with van der Waals surface area (Å²) in [5, 5.41) is 12.4. The third-order valence-corrected chi connectivity index (χ3v) is 3.88. The number of benzene rings is 2. The fourth-order valence-electron chi connectivity index (χ4n) is 2.59. The van der Waals surface area contributed by atoms with Crippen LogP contribution >= 0.6 is 0 Å². The first kappa shape index (κ1) is 17.5. The van der Waals surface area contributed by atoms with Crippen LogP contribution in [0.1, 0.15) is 16.1 Å². The average molecular weight is 357 g/mol. The quantitative estimate of drug-likeness (QED) is 0.708. The number of nitrogens with one attached hydrogen (secondary N) is 1. The van der Waals surface area contributed by atoms with Gasteiger partial charge in [0.25, 0.3) is 5.91 Å². The lowest BCUT2D eigenvalue weighted by Gasteiger charge is -2.13. The van der Waals surface area contributed by atoms with Crippen molar-refractivity contribution in [1.82, 2.24) is 5.32 Å². The maximum absolute atomic E-state index is 13.3. The highest BCUT2D eigenvalue weighted by Gasteiger charge is 2.23. The number of hydrogen-bond donors (Lipinski definition) is 2. The number of furan rings is 1. The molecule has 26 heavy (non-hydrogen) atoms. The third-order valence-electron chi connectivity index (χ3n) is 3.88. The number of ether oxygens (including phenoxy) is 1. The first-order valence-electron chi connectivity index (χ1n) is 7.82. The number of methoxy groups -OCH3 is 1. The lowest BCUT2D eigenvalue weighted by molar-refractivity contribution is -0.139. The molecule has 3 rings (SSSR count). The molecule has 1 heterocycles. The molecule has 0 aliphatic rings. The molecule has 7 heteroatoms. The van der Waals surface area contributed by atoms with Gasteiger partial charge in [0, 0.05) is 11.8 Å². The second-order valence-electron chi connectivity index (χ2n) is 5.71. The van der Waals surface area contributed by atoms with Crippen LogP contribution in [0.4, 0.5) is 4.39 Å². The third kappa shape index (κ3) is 3.83. The molecule has 1 amide bonds. The van der Waals surface area contributed by atoms with E-state index < -0.39 is 23.7 Å². The maximum atomic E-state index is 13.3. The Hall–Kier alpha value is -3.35. The summed E-state index contributed by atoms with van der Waals surface area (Å²) in [6, 6.07) is 10.9. The standard InChI is InChI=1S/C19H16FNO5/c1-25-14-5-6-16-12(9-14)10-17(26-16)18(22)21-15(19(23)24)8-11-3-2-4-13(20)7-11/h2-7,9-10,15H,8H2,1H3,(H,21,22)(H,23,24)/t15-/m0/s1. The van der Waals surface area contributed by atoms with Gasteiger partial charge >= 0.3 is 5.97 Å². The van der Waals surface area contributed by atoms with Crippen molar-refractivity contribution in [3.05, 3.63) is 65.7 Å². The van der Waals surface area contributed by atoms with Crippen LogP contribution in [0.2, 0.25) is 0 Å². The van der Waals surface area contributed by atoms with Crippen molar-refractivity contribution in [2.24, 2.45) is 0 Å². The molecule has 0 saturated carbocycles. The van der Waals surface area contributed by atoms with E-state index in [9.17, 15) is 19.1 Å². The molecular formula is C19H16FNO5. The van der Waals surface area contributed by atoms with Gasteiger partial charge in [-0.05, 0) is 42.0 Å². The highest BCUT2D eigenvalue weighted by atomic mass is 19.1. The molecule has 2 N–H and O–H groups in total. The maximum Gasteiger partial charge on any atom is 0.326 e. The Morgan fingerprint density at radius 2 is 2.04 bits per heavy atom. The molecule has 1 atom stereocenters. The Labute approximate surface area is 148 Å². The molecule has 134 valence electrons. The number of carbonyl (C=O) groups excluding carboxylic acids is 1. The molecule has 0 bridgehead atoms. The zero-order chi connectivity index (χ0) is 18.7. The van der Waals surface area contributed by atoms with Gasteiger partial charge in [-0.15, -0.1) is 0 Å². The van der Waals surface area contributed by atoms with E-state index in [1.54, 1.807) is 24.3 Å². The second-order valence-corrected chi connectivity index (χ2v) is 5.71. The van der Waals surface area contributed by atoms with Crippen molar-refractivity contribution < 1.29 is 28.2 Å². The number of halogens is 1. The molecule has 0 radical (unpaired) electrons. The van der Waals surface area contributed by atoms with Gasteiger partial charge in [-0.3, -0.25) is 4.79 Å². The van der Waals surface area contributed by atoms with E-state index in [-0.39, 0.29) is 12.2 Å². The van der Waals surface area contributed by atoms with Gasteiger partial charge in [0.2, 0.25) is 0 Å². The smallest absolute Gasteiger partial charge is 0.326 e. The van der Waals surface area contributed by atoms with Crippen molar-refractivity contribution in [1.29, 1.82) is 0 Å². The first-order chi connectivity index (χ1) is 12.5. The zero-order valence-electron chi connectivity index (χ0n) is 13.9. The van der Waals surface area contributed by atoms with Crippen LogP contribution in [0.25, 0.3) is 11.0 Å². The Morgan fingerprint density at radius 3 is 2.73 bits per heavy atom. The number of hydrogen-bond acceptors (Lipinski definition) is 4. The molecule has 0 unspecified atom stereocenters. The number of rotatable bonds is 6. The summed E-state index contributed by atoms with van der Waals surface area (Å²) >= 11 is 0. The number of amides is 1. The van der Waals surface area contributed by atoms with Crippen LogP contribution in [0.3, 0.4) is 0 Å². The monoisotopic (exact) mass is 357 g/mol. The van der Waals surface area contributed by atoms with Gasteiger partial charge in [-0.2, -0.15) is 0 Å². The van der Waals surface area contributed by atoms with E-state index in [1.165, 1.54) is 31.4 Å². The zero-order valence-corrected chi connectivity index (χ0v) is 13.9. The van der Waals surface area contributed by atoms with Gasteiger partial charge in [0.15, 0.2) is 5.76 Å². The highest BCUT2D eigenvalue weighted by molar-refractivity contribution is 5.98. The topological polar surface area (TPSA) is 88.8 Å². The molecule has 3 aromatic rings. The number of fused-ring (bicyclic) bond motifs is 1. The molecule has 2 aromatic carbocycles. The Balaban J connectivity index is 1.78. The largest absolute Gasteiger partial charge is 0.497 e. The minimum Gasteiger partial charge on any atom is -0.497 e. The molecule has 0 aliphatic carbocycles. The van der Waals surface area contributed by atoms with Crippen LogP contribution in [-0.2, 0) is 11.2 Å². The number of carbonyl (C=O) groups is 2. The Bertz CT molecular complexity index is 965. The normalized spacial score (nSPS) is 11.9. The van der Waals surface area contributed by atoms with Gasteiger partial charge in [-0.1, -0.05) is 12.1 Å². The van der Waals surface area contributed by atoms with Crippen molar-refractivity contribution in [3.63, 3.8) is 0 Å². The summed E-state index contributed by atoms with van der Waals surface area (Å²) in [5.41, 5.74) is 0.944. The minimum absolute atomic E-state index is 0.0151. The van der Waals surface area contributed by atoms with E-state index >= 15 is 0 Å². The molecular weight excluding hydrogens is 341 g/mol. The molecule has 6 nitrogen and oxygen atoms in total. The predicted molar refractivity (Wildman–Crippen MR) is 91.8 cm³/mol. The summed E-state index contributed by atoms with van der Waals surface area (Å²) in [4.78, 5) is 23.8. The fourth-order valence-corrected chi connectivity index (χ4v) is 2.59. The Morgan fingerprint density at radius 1 is 1.23 bits per heavy atom. The van der Waals surface area contributed by atoms with Gasteiger partial charge in [0.05, 0.1) is 7.11 Å². The van der Waals surface area contributed by atoms with Crippen molar-refractivity contribution in [2.75, 3.05) is 7.11 Å². The van der Waals surface area contributed by atoms with Crippen molar-refractivity contribution in [3.8, 4) is 5.75 Å². The average Bonchev–Trinajstić information content (AvgIpc) is 3.04. The summed E-state index contributed by atoms with van der Waals surface area (Å²) in [6.45, 7) is 0. The van der Waals surface area contributed by atoms with Crippen LogP contribution in [0.15, 0.2) is 52.9 Å². The summed E-state index contributed by atoms with van der Waals surface area (Å²) in [7, 11) is 1.53. The molecule has 1 aromatic heterocycles. The van der Waals surface area contributed by atoms with Gasteiger partial charge in [-0.25, -0.2) is 9.18 Å². The Kier molecular flexibility index (Phi) is 4.88. The summed E-state index contributed by atoms with van der Waals surface area (Å²) < 4.78 is 23.8. The van der Waals surface area contributed by atoms with E-state index in [2.05, 4.69) is 5.32 Å². The van der Waals surface area contributed by atoms with Gasteiger partial charge in [0.1, 0.15) is 23.2 Å². The number of carboxylic acid groups (broad SMARTS) is 1. The minimum atomic E-state index is -1.22. The van der Waals surface area contributed by atoms with E-state index in [0.29, 0.717) is 22.3 Å². The van der Waals surface area contributed by atoms with Crippen LogP contribution in [-0.4, -0.2) is 30.1 Å². The molecule has 0 aliphatic heterocycles. The van der Waals surface area contributed by atoms with E-state index in [4.69, 9.17) is 9.15 Å². The SMILES string of the molecule is COc1ccc2oc(C(=O)N[C@@H](Cc3cccc(F)c3)C(=O)O)cc2c1. The molecule has 0 spiro atoms. The fraction of sp³-hybridized carbons (Fsp3) is 0.158. The molecule has 0 saturated heterocycles. The van der Waals surface area contributed by atoms with Crippen LogP contribution < -0.4 is 10.1 Å². The predicted octanol–water partition coefficient (Wildman–Crippen LogP) is 3.01. The first-order valence-corrected chi connectivity index (χ1v) is 7.82. The van der Waals surface area contributed by atoms with Crippen LogP contribution in [0.5, 0.6) is 5.75 Å². The van der Waals surface area contributed by atoms with E-state index in [0.717, 1.165) is 0 Å². The van der Waals surface area contributed by atoms with Crippen molar-refractivity contribution in [2.45, 2.75) is 12.5 Å². The molecule has 0 fully saturated rings. The lowest BCUT2D eigenvalue weighted by atomic mass is 10.1. The second kappa shape index (κ2) is 7.26. The number of aliphatic carboxylic acids is 1. The van der Waals surface area contributed by atoms with Crippen LogP contribution in [0, 0.1) is 5.82 Å². The highest BCUT2D eigenvalue weighted by Crippen LogP contribution is 2.24. The van der Waals surface area contributed by atoms with Crippen molar-refractivity contribution >= 4 is 22.8 Å². The van der Waals surface area contributed by atoms with Gasteiger partial charge < -0.3 is 19.6 Å².